The van der Waals surface area contributed by atoms with Crippen LogP contribution in [-0.4, -0.2) is 70.3 Å². The summed E-state index contributed by atoms with van der Waals surface area (Å²) < 4.78 is 0. The number of nitrogens with zero attached hydrogens (tertiary/aromatic N) is 3. The largest absolute Gasteiger partial charge is 0.340 e. The van der Waals surface area contributed by atoms with Gasteiger partial charge in [0, 0.05) is 38.1 Å². The van der Waals surface area contributed by atoms with Gasteiger partial charge < -0.3 is 10.2 Å². The number of benzene rings is 1. The molecule has 3 aliphatic rings. The number of hydrogen-bond acceptors (Lipinski definition) is 4. The molecule has 4 rings (SSSR count). The SMILES string of the molecule is CC(C)(C)C(=O)N1CCC[C@H](N2C(=O)NC3(CCN(Cc4ccccc4)CC3)C2=O)C1. The van der Waals surface area contributed by atoms with Crippen molar-refractivity contribution in [2.24, 2.45) is 5.41 Å². The highest BCUT2D eigenvalue weighted by molar-refractivity contribution is 6.07. The lowest BCUT2D eigenvalue weighted by atomic mass is 9.86. The Morgan fingerprint density at radius 1 is 1.10 bits per heavy atom. The third-order valence-corrected chi connectivity index (χ3v) is 6.84. The van der Waals surface area contributed by atoms with Crippen molar-refractivity contribution in [1.82, 2.24) is 20.0 Å². The van der Waals surface area contributed by atoms with Crippen LogP contribution in [0.4, 0.5) is 4.79 Å². The Hall–Kier alpha value is -2.41. The molecule has 0 radical (unpaired) electrons. The lowest BCUT2D eigenvalue weighted by Crippen LogP contribution is -2.56. The molecule has 1 aromatic rings. The van der Waals surface area contributed by atoms with Crippen molar-refractivity contribution >= 4 is 17.8 Å². The number of amides is 4. The first-order valence-electron chi connectivity index (χ1n) is 11.4. The number of rotatable bonds is 3. The van der Waals surface area contributed by atoms with Crippen molar-refractivity contribution in [1.29, 1.82) is 0 Å². The number of piperidine rings is 2. The summed E-state index contributed by atoms with van der Waals surface area (Å²) in [5.74, 6) is -0.0277. The van der Waals surface area contributed by atoms with Crippen LogP contribution in [0, 0.1) is 5.41 Å². The summed E-state index contributed by atoms with van der Waals surface area (Å²) >= 11 is 0. The molecule has 0 aliphatic carbocycles. The molecule has 4 amide bonds. The Morgan fingerprint density at radius 3 is 2.42 bits per heavy atom. The van der Waals surface area contributed by atoms with Crippen molar-refractivity contribution in [3.63, 3.8) is 0 Å². The predicted octanol–water partition coefficient (Wildman–Crippen LogP) is 2.61. The first-order chi connectivity index (χ1) is 14.7. The molecule has 3 heterocycles. The van der Waals surface area contributed by atoms with Crippen LogP contribution in [0.15, 0.2) is 30.3 Å². The lowest BCUT2D eigenvalue weighted by molar-refractivity contribution is -0.144. The molecule has 7 nitrogen and oxygen atoms in total. The average Bonchev–Trinajstić information content (AvgIpc) is 2.99. The van der Waals surface area contributed by atoms with Gasteiger partial charge in [-0.25, -0.2) is 4.79 Å². The monoisotopic (exact) mass is 426 g/mol. The van der Waals surface area contributed by atoms with Gasteiger partial charge in [0.25, 0.3) is 5.91 Å². The van der Waals surface area contributed by atoms with E-state index in [0.717, 1.165) is 32.5 Å². The zero-order chi connectivity index (χ0) is 22.2. The van der Waals surface area contributed by atoms with Crippen LogP contribution in [0.2, 0.25) is 0 Å². The number of carbonyl (C=O) groups is 3. The fraction of sp³-hybridized carbons (Fsp3) is 0.625. The summed E-state index contributed by atoms with van der Waals surface area (Å²) in [6.45, 7) is 9.25. The molecule has 0 unspecified atom stereocenters. The van der Waals surface area contributed by atoms with Crippen LogP contribution in [0.1, 0.15) is 52.0 Å². The second-order valence-electron chi connectivity index (χ2n) is 10.2. The van der Waals surface area contributed by atoms with Crippen LogP contribution >= 0.6 is 0 Å². The first kappa shape index (κ1) is 21.8. The lowest BCUT2D eigenvalue weighted by Gasteiger charge is -2.40. The molecule has 1 N–H and O–H groups in total. The number of hydrogen-bond donors (Lipinski definition) is 1. The molecule has 0 aromatic heterocycles. The summed E-state index contributed by atoms with van der Waals surface area (Å²) in [7, 11) is 0. The molecule has 168 valence electrons. The Balaban J connectivity index is 1.40. The van der Waals surface area contributed by atoms with E-state index in [2.05, 4.69) is 22.3 Å². The maximum Gasteiger partial charge on any atom is 0.325 e. The van der Waals surface area contributed by atoms with Gasteiger partial charge in [0.1, 0.15) is 5.54 Å². The summed E-state index contributed by atoms with van der Waals surface area (Å²) in [5.41, 5.74) is -0.000280. The van der Waals surface area contributed by atoms with Gasteiger partial charge in [-0.05, 0) is 31.2 Å². The molecule has 1 aromatic carbocycles. The number of carbonyl (C=O) groups excluding carboxylic acids is 3. The van der Waals surface area contributed by atoms with Crippen molar-refractivity contribution in [2.45, 2.75) is 64.6 Å². The van der Waals surface area contributed by atoms with Gasteiger partial charge in [-0.3, -0.25) is 19.4 Å². The van der Waals surface area contributed by atoms with Gasteiger partial charge in [0.15, 0.2) is 0 Å². The minimum absolute atomic E-state index is 0.0770. The number of urea groups is 1. The molecule has 3 saturated heterocycles. The van der Waals surface area contributed by atoms with E-state index in [1.165, 1.54) is 10.5 Å². The highest BCUT2D eigenvalue weighted by Gasteiger charge is 2.54. The first-order valence-corrected chi connectivity index (χ1v) is 11.4. The van der Waals surface area contributed by atoms with Crippen LogP contribution in [-0.2, 0) is 16.1 Å². The van der Waals surface area contributed by atoms with E-state index in [0.29, 0.717) is 25.9 Å². The molecule has 1 atom stereocenters. The second kappa shape index (κ2) is 8.26. The van der Waals surface area contributed by atoms with E-state index < -0.39 is 11.0 Å². The Morgan fingerprint density at radius 2 is 1.77 bits per heavy atom. The highest BCUT2D eigenvalue weighted by atomic mass is 16.2. The fourth-order valence-electron chi connectivity index (χ4n) is 5.07. The van der Waals surface area contributed by atoms with E-state index in [4.69, 9.17) is 0 Å². The summed E-state index contributed by atoms with van der Waals surface area (Å²) in [4.78, 5) is 44.7. The van der Waals surface area contributed by atoms with Crippen LogP contribution in [0.3, 0.4) is 0 Å². The van der Waals surface area contributed by atoms with Gasteiger partial charge >= 0.3 is 6.03 Å². The predicted molar refractivity (Wildman–Crippen MR) is 118 cm³/mol. The number of imide groups is 1. The summed E-state index contributed by atoms with van der Waals surface area (Å²) in [5, 5.41) is 3.03. The minimum atomic E-state index is -0.791. The fourth-order valence-corrected chi connectivity index (χ4v) is 5.07. The summed E-state index contributed by atoms with van der Waals surface area (Å²) in [6, 6.07) is 9.78. The quantitative estimate of drug-likeness (QED) is 0.754. The van der Waals surface area contributed by atoms with Crippen molar-refractivity contribution in [3.05, 3.63) is 35.9 Å². The van der Waals surface area contributed by atoms with Crippen molar-refractivity contribution in [2.75, 3.05) is 26.2 Å². The topological polar surface area (TPSA) is 73.0 Å². The zero-order valence-corrected chi connectivity index (χ0v) is 18.9. The molecule has 3 aliphatic heterocycles. The van der Waals surface area contributed by atoms with E-state index in [1.54, 1.807) is 0 Å². The van der Waals surface area contributed by atoms with Gasteiger partial charge in [0.2, 0.25) is 5.91 Å². The maximum atomic E-state index is 13.5. The molecular formula is C24H34N4O3. The second-order valence-corrected chi connectivity index (χ2v) is 10.2. The Bertz CT molecular complexity index is 840. The molecule has 1 spiro atoms. The third kappa shape index (κ3) is 4.33. The van der Waals surface area contributed by atoms with Crippen LogP contribution in [0.5, 0.6) is 0 Å². The standard InChI is InChI=1S/C24H34N4O3/c1-23(2,3)20(29)27-13-7-10-19(17-27)28-21(30)24(25-22(28)31)11-14-26(15-12-24)16-18-8-5-4-6-9-18/h4-6,8-9,19H,7,10-17H2,1-3H3,(H,25,31)/t19-/m0/s1. The smallest absolute Gasteiger partial charge is 0.325 e. The van der Waals surface area contributed by atoms with Crippen molar-refractivity contribution in [3.8, 4) is 0 Å². The maximum absolute atomic E-state index is 13.5. The van der Waals surface area contributed by atoms with Gasteiger partial charge in [-0.1, -0.05) is 51.1 Å². The summed E-state index contributed by atoms with van der Waals surface area (Å²) in [6.07, 6.45) is 2.81. The van der Waals surface area contributed by atoms with Crippen LogP contribution < -0.4 is 5.32 Å². The van der Waals surface area contributed by atoms with Gasteiger partial charge in [-0.2, -0.15) is 0 Å². The molecule has 0 saturated carbocycles. The zero-order valence-electron chi connectivity index (χ0n) is 18.9. The normalized spacial score (nSPS) is 24.5. The molecule has 3 fully saturated rings. The Labute approximate surface area is 184 Å². The Kier molecular flexibility index (Phi) is 5.81. The number of likely N-dealkylation sites (tertiary alicyclic amines) is 2. The van der Waals surface area contributed by atoms with E-state index >= 15 is 0 Å². The molecule has 31 heavy (non-hydrogen) atoms. The number of nitrogens with one attached hydrogen (secondary N) is 1. The van der Waals surface area contributed by atoms with Crippen LogP contribution in [0.25, 0.3) is 0 Å². The van der Waals surface area contributed by atoms with E-state index in [-0.39, 0.29) is 23.9 Å². The molecule has 7 heteroatoms. The highest BCUT2D eigenvalue weighted by Crippen LogP contribution is 2.33. The average molecular weight is 427 g/mol. The van der Waals surface area contributed by atoms with Crippen molar-refractivity contribution < 1.29 is 14.4 Å². The third-order valence-electron chi connectivity index (χ3n) is 6.84. The van der Waals surface area contributed by atoms with Gasteiger partial charge in [0.05, 0.1) is 6.04 Å². The molecular weight excluding hydrogens is 392 g/mol. The molecule has 0 bridgehead atoms. The minimum Gasteiger partial charge on any atom is -0.340 e. The van der Waals surface area contributed by atoms with E-state index in [1.807, 2.05) is 43.9 Å². The van der Waals surface area contributed by atoms with Gasteiger partial charge in [-0.15, -0.1) is 0 Å². The van der Waals surface area contributed by atoms with E-state index in [9.17, 15) is 14.4 Å².